The number of aliphatic carboxylic acids is 1. The molecule has 0 heterocycles. The van der Waals surface area contributed by atoms with Crippen LogP contribution in [0.25, 0.3) is 11.1 Å². The maximum Gasteiger partial charge on any atom is 0.407 e. The fraction of sp³-hybridized carbons (Fsp3) is 0.320. The Labute approximate surface area is 207 Å². The summed E-state index contributed by atoms with van der Waals surface area (Å²) in [5.74, 6) is -2.73. The summed E-state index contributed by atoms with van der Waals surface area (Å²) in [5.41, 5.74) is 4.36. The quantitative estimate of drug-likeness (QED) is 0.271. The Morgan fingerprint density at radius 3 is 1.78 bits per heavy atom. The molecule has 0 bridgehead atoms. The van der Waals surface area contributed by atoms with E-state index in [0.29, 0.717) is 0 Å². The monoisotopic (exact) mass is 496 g/mol. The number of carbonyl (C=O) groups excluding carboxylic acids is 4. The highest BCUT2D eigenvalue weighted by Gasteiger charge is 2.29. The van der Waals surface area contributed by atoms with E-state index in [0.717, 1.165) is 22.3 Å². The van der Waals surface area contributed by atoms with Crippen molar-refractivity contribution in [2.24, 2.45) is 0 Å². The number of fused-ring (bicyclic) bond motifs is 3. The molecule has 11 heteroatoms. The first kappa shape index (κ1) is 26.2. The van der Waals surface area contributed by atoms with Crippen LogP contribution in [0.5, 0.6) is 0 Å². The molecule has 3 rings (SSSR count). The first-order valence-electron chi connectivity index (χ1n) is 11.5. The lowest BCUT2D eigenvalue weighted by Gasteiger charge is -2.14. The Morgan fingerprint density at radius 2 is 1.22 bits per heavy atom. The SMILES string of the molecule is O=C(O)CCCNC(=O)CNC(=O)CNC(=O)CNC(=O)OCC1c2ccccc2-c2ccccc21. The third-order valence-electron chi connectivity index (χ3n) is 5.52. The number of hydrogen-bond donors (Lipinski definition) is 5. The zero-order chi connectivity index (χ0) is 25.9. The number of benzene rings is 2. The largest absolute Gasteiger partial charge is 0.481 e. The second kappa shape index (κ2) is 12.9. The standard InChI is InChI=1S/C25H28N4O7/c30-21(26-11-5-10-24(33)34)12-27-22(31)13-28-23(32)14-29-25(35)36-15-20-18-8-3-1-6-16(18)17-7-2-4-9-19(17)20/h1-4,6-9,20H,5,10-15H2,(H,26,30)(H,27,31)(H,28,32)(H,29,35)(H,33,34). The molecule has 36 heavy (non-hydrogen) atoms. The molecule has 5 N–H and O–H groups in total. The molecule has 2 aromatic rings. The van der Waals surface area contributed by atoms with Crippen molar-refractivity contribution in [3.8, 4) is 11.1 Å². The van der Waals surface area contributed by atoms with Gasteiger partial charge in [0, 0.05) is 18.9 Å². The fourth-order valence-corrected chi connectivity index (χ4v) is 3.81. The molecule has 0 atom stereocenters. The van der Waals surface area contributed by atoms with Gasteiger partial charge in [0.15, 0.2) is 0 Å². The Balaban J connectivity index is 1.32. The summed E-state index contributed by atoms with van der Waals surface area (Å²) in [7, 11) is 0. The Hall–Kier alpha value is -4.41. The predicted octanol–water partition coefficient (Wildman–Crippen LogP) is 0.739. The van der Waals surface area contributed by atoms with Crippen molar-refractivity contribution in [2.45, 2.75) is 18.8 Å². The van der Waals surface area contributed by atoms with E-state index in [9.17, 15) is 24.0 Å². The van der Waals surface area contributed by atoms with Crippen LogP contribution in [-0.2, 0) is 23.9 Å². The normalized spacial score (nSPS) is 11.6. The van der Waals surface area contributed by atoms with Crippen molar-refractivity contribution in [1.82, 2.24) is 21.3 Å². The number of carbonyl (C=O) groups is 5. The van der Waals surface area contributed by atoms with Gasteiger partial charge in [-0.15, -0.1) is 0 Å². The zero-order valence-electron chi connectivity index (χ0n) is 19.5. The van der Waals surface area contributed by atoms with Crippen LogP contribution in [0, 0.1) is 0 Å². The Kier molecular flexibility index (Phi) is 9.38. The third kappa shape index (κ3) is 7.55. The molecule has 0 aliphatic heterocycles. The lowest BCUT2D eigenvalue weighted by Crippen LogP contribution is -2.44. The number of alkyl carbamates (subject to hydrolysis) is 1. The van der Waals surface area contributed by atoms with Gasteiger partial charge in [-0.05, 0) is 28.7 Å². The highest BCUT2D eigenvalue weighted by atomic mass is 16.5. The molecule has 0 unspecified atom stereocenters. The molecule has 0 saturated carbocycles. The molecule has 0 radical (unpaired) electrons. The summed E-state index contributed by atoms with van der Waals surface area (Å²) in [6.45, 7) is -0.771. The number of nitrogens with one attached hydrogen (secondary N) is 4. The molecular formula is C25H28N4O7. The Bertz CT molecular complexity index is 1090. The Morgan fingerprint density at radius 1 is 0.722 bits per heavy atom. The smallest absolute Gasteiger partial charge is 0.407 e. The molecule has 1 aliphatic rings. The fourth-order valence-electron chi connectivity index (χ4n) is 3.81. The molecule has 11 nitrogen and oxygen atoms in total. The van der Waals surface area contributed by atoms with Gasteiger partial charge in [-0.2, -0.15) is 0 Å². The number of carboxylic acid groups (broad SMARTS) is 1. The molecular weight excluding hydrogens is 468 g/mol. The minimum atomic E-state index is -0.957. The third-order valence-corrected chi connectivity index (χ3v) is 5.52. The van der Waals surface area contributed by atoms with Crippen LogP contribution in [0.1, 0.15) is 29.9 Å². The molecule has 190 valence electrons. The van der Waals surface area contributed by atoms with E-state index in [2.05, 4.69) is 21.3 Å². The van der Waals surface area contributed by atoms with E-state index < -0.39 is 29.8 Å². The maximum atomic E-state index is 12.1. The first-order valence-corrected chi connectivity index (χ1v) is 11.5. The lowest BCUT2D eigenvalue weighted by atomic mass is 9.98. The van der Waals surface area contributed by atoms with Crippen LogP contribution >= 0.6 is 0 Å². The van der Waals surface area contributed by atoms with Gasteiger partial charge in [0.2, 0.25) is 17.7 Å². The minimum absolute atomic E-state index is 0.0667. The van der Waals surface area contributed by atoms with Gasteiger partial charge in [-0.1, -0.05) is 48.5 Å². The summed E-state index contributed by atoms with van der Waals surface area (Å²) < 4.78 is 5.35. The second-order valence-electron chi connectivity index (χ2n) is 8.08. The van der Waals surface area contributed by atoms with Crippen LogP contribution in [0.2, 0.25) is 0 Å². The van der Waals surface area contributed by atoms with E-state index in [1.165, 1.54) is 0 Å². The highest BCUT2D eigenvalue weighted by molar-refractivity contribution is 5.89. The van der Waals surface area contributed by atoms with Gasteiger partial charge in [-0.3, -0.25) is 19.2 Å². The average molecular weight is 497 g/mol. The average Bonchev–Trinajstić information content (AvgIpc) is 3.19. The molecule has 0 spiro atoms. The van der Waals surface area contributed by atoms with Crippen LogP contribution in [0.15, 0.2) is 48.5 Å². The molecule has 0 fully saturated rings. The topological polar surface area (TPSA) is 163 Å². The maximum absolute atomic E-state index is 12.1. The van der Waals surface area contributed by atoms with Crippen LogP contribution in [0.3, 0.4) is 0 Å². The first-order chi connectivity index (χ1) is 17.3. The van der Waals surface area contributed by atoms with Gasteiger partial charge in [-0.25, -0.2) is 4.79 Å². The second-order valence-corrected chi connectivity index (χ2v) is 8.08. The van der Waals surface area contributed by atoms with Crippen molar-refractivity contribution in [3.63, 3.8) is 0 Å². The van der Waals surface area contributed by atoms with Gasteiger partial charge in [0.25, 0.3) is 0 Å². The minimum Gasteiger partial charge on any atom is -0.481 e. The highest BCUT2D eigenvalue weighted by Crippen LogP contribution is 2.44. The number of ether oxygens (including phenoxy) is 1. The van der Waals surface area contributed by atoms with E-state index in [-0.39, 0.29) is 51.5 Å². The van der Waals surface area contributed by atoms with Gasteiger partial charge < -0.3 is 31.1 Å². The summed E-state index contributed by atoms with van der Waals surface area (Å²) in [5, 5.41) is 18.0. The number of hydrogen-bond acceptors (Lipinski definition) is 6. The van der Waals surface area contributed by atoms with Crippen molar-refractivity contribution in [2.75, 3.05) is 32.8 Å². The van der Waals surface area contributed by atoms with Gasteiger partial charge >= 0.3 is 12.1 Å². The summed E-state index contributed by atoms with van der Waals surface area (Å²) in [6.07, 6.45) is -0.541. The van der Waals surface area contributed by atoms with Crippen molar-refractivity contribution < 1.29 is 33.8 Å². The summed E-state index contributed by atoms with van der Waals surface area (Å²) in [4.78, 5) is 57.8. The van der Waals surface area contributed by atoms with Crippen molar-refractivity contribution >= 4 is 29.8 Å². The molecule has 0 saturated heterocycles. The number of rotatable bonds is 12. The van der Waals surface area contributed by atoms with Gasteiger partial charge in [0.1, 0.15) is 13.2 Å². The van der Waals surface area contributed by atoms with E-state index in [1.54, 1.807) is 0 Å². The van der Waals surface area contributed by atoms with Crippen LogP contribution in [-0.4, -0.2) is 67.7 Å². The van der Waals surface area contributed by atoms with E-state index >= 15 is 0 Å². The van der Waals surface area contributed by atoms with E-state index in [1.807, 2.05) is 48.5 Å². The number of carboxylic acids is 1. The van der Waals surface area contributed by atoms with Crippen molar-refractivity contribution in [1.29, 1.82) is 0 Å². The van der Waals surface area contributed by atoms with Crippen LogP contribution < -0.4 is 21.3 Å². The molecule has 0 aromatic heterocycles. The molecule has 1 aliphatic carbocycles. The predicted molar refractivity (Wildman–Crippen MR) is 129 cm³/mol. The number of amides is 4. The van der Waals surface area contributed by atoms with Gasteiger partial charge in [0.05, 0.1) is 13.1 Å². The van der Waals surface area contributed by atoms with E-state index in [4.69, 9.17) is 9.84 Å². The molecule has 2 aromatic carbocycles. The van der Waals surface area contributed by atoms with Crippen molar-refractivity contribution in [3.05, 3.63) is 59.7 Å². The lowest BCUT2D eigenvalue weighted by molar-refractivity contribution is -0.137. The van der Waals surface area contributed by atoms with Crippen LogP contribution in [0.4, 0.5) is 4.79 Å². The molecule has 4 amide bonds. The summed E-state index contributed by atoms with van der Waals surface area (Å²) >= 11 is 0. The zero-order valence-corrected chi connectivity index (χ0v) is 19.5. The summed E-state index contributed by atoms with van der Waals surface area (Å²) in [6, 6.07) is 15.9.